The average Bonchev–Trinajstić information content (AvgIpc) is 2.83. The fraction of sp³-hybridized carbons (Fsp3) is 0.207. The molecular weight excluding hydrogens is 392 g/mol. The molecule has 2 unspecified atom stereocenters. The Hall–Kier alpha value is -3.59. The minimum absolute atomic E-state index is 0.230. The van der Waals surface area contributed by atoms with Crippen molar-refractivity contribution in [3.05, 3.63) is 131 Å². The molecule has 0 saturated heterocycles. The molecule has 160 valence electrons. The van der Waals surface area contributed by atoms with E-state index >= 15 is 0 Å². The molecular formula is C29H28N2O. The zero-order valence-corrected chi connectivity index (χ0v) is 18.6. The van der Waals surface area contributed by atoms with E-state index in [1.54, 1.807) is 24.8 Å². The van der Waals surface area contributed by atoms with Gasteiger partial charge in [-0.15, -0.1) is 0 Å². The maximum absolute atomic E-state index is 14.2. The lowest BCUT2D eigenvalue weighted by Crippen LogP contribution is -2.24. The van der Waals surface area contributed by atoms with Crippen molar-refractivity contribution >= 4 is 5.78 Å². The molecule has 0 bridgehead atoms. The van der Waals surface area contributed by atoms with Crippen molar-refractivity contribution in [1.82, 2.24) is 9.97 Å². The molecule has 0 aliphatic heterocycles. The van der Waals surface area contributed by atoms with Gasteiger partial charge in [0.25, 0.3) is 0 Å². The van der Waals surface area contributed by atoms with E-state index in [1.165, 1.54) is 11.1 Å². The number of carbonyl (C=O) groups is 1. The second-order valence-electron chi connectivity index (χ2n) is 8.45. The normalized spacial score (nSPS) is 12.8. The summed E-state index contributed by atoms with van der Waals surface area (Å²) >= 11 is 0. The van der Waals surface area contributed by atoms with Gasteiger partial charge >= 0.3 is 0 Å². The topological polar surface area (TPSA) is 42.9 Å². The number of benzene rings is 2. The Kier molecular flexibility index (Phi) is 6.86. The van der Waals surface area contributed by atoms with Crippen LogP contribution in [-0.2, 0) is 17.6 Å². The van der Waals surface area contributed by atoms with E-state index in [0.717, 1.165) is 22.3 Å². The van der Waals surface area contributed by atoms with Gasteiger partial charge in [0.2, 0.25) is 0 Å². The maximum Gasteiger partial charge on any atom is 0.148 e. The third-order valence-electron chi connectivity index (χ3n) is 6.02. The van der Waals surface area contributed by atoms with E-state index in [4.69, 9.17) is 0 Å². The van der Waals surface area contributed by atoms with Crippen LogP contribution < -0.4 is 0 Å². The molecule has 0 aliphatic rings. The van der Waals surface area contributed by atoms with Gasteiger partial charge in [-0.3, -0.25) is 14.8 Å². The highest BCUT2D eigenvalue weighted by Gasteiger charge is 2.30. The fourth-order valence-corrected chi connectivity index (χ4v) is 4.11. The third-order valence-corrected chi connectivity index (χ3v) is 6.02. The molecule has 32 heavy (non-hydrogen) atoms. The first-order chi connectivity index (χ1) is 15.6. The van der Waals surface area contributed by atoms with Gasteiger partial charge in [0.15, 0.2) is 0 Å². The largest absolute Gasteiger partial charge is 0.298 e. The summed E-state index contributed by atoms with van der Waals surface area (Å²) < 4.78 is 0. The van der Waals surface area contributed by atoms with E-state index in [-0.39, 0.29) is 17.6 Å². The van der Waals surface area contributed by atoms with Crippen LogP contribution in [0.2, 0.25) is 0 Å². The van der Waals surface area contributed by atoms with Crippen LogP contribution in [0.5, 0.6) is 0 Å². The summed E-state index contributed by atoms with van der Waals surface area (Å²) in [6.45, 7) is 4.14. The average molecular weight is 421 g/mol. The first-order valence-corrected chi connectivity index (χ1v) is 11.0. The maximum atomic E-state index is 14.2. The van der Waals surface area contributed by atoms with Crippen molar-refractivity contribution in [2.45, 2.75) is 38.5 Å². The molecule has 0 spiro atoms. The lowest BCUT2D eigenvalue weighted by atomic mass is 9.78. The van der Waals surface area contributed by atoms with Crippen molar-refractivity contribution in [1.29, 1.82) is 0 Å². The third kappa shape index (κ3) is 5.36. The summed E-state index contributed by atoms with van der Waals surface area (Å²) in [6.07, 6.45) is 8.48. The SMILES string of the molecule is Cc1ccc(C(Cc2ccncc2)C(=O)C(Cc2ccncc2)c2ccc(C)cc2)cc1. The molecule has 0 saturated carbocycles. The van der Waals surface area contributed by atoms with Gasteiger partial charge in [0.05, 0.1) is 0 Å². The smallest absolute Gasteiger partial charge is 0.148 e. The zero-order valence-electron chi connectivity index (χ0n) is 18.6. The van der Waals surface area contributed by atoms with Crippen LogP contribution in [0, 0.1) is 13.8 Å². The summed E-state index contributed by atoms with van der Waals surface area (Å²) in [5.74, 6) is -0.219. The van der Waals surface area contributed by atoms with Gasteiger partial charge in [-0.1, -0.05) is 59.7 Å². The van der Waals surface area contributed by atoms with Crippen LogP contribution in [0.25, 0.3) is 0 Å². The van der Waals surface area contributed by atoms with Gasteiger partial charge in [0, 0.05) is 36.6 Å². The molecule has 2 aromatic carbocycles. The first kappa shape index (κ1) is 21.6. The molecule has 2 aromatic heterocycles. The minimum Gasteiger partial charge on any atom is -0.298 e. The molecule has 0 fully saturated rings. The Morgan fingerprint density at radius 1 is 0.594 bits per heavy atom. The first-order valence-electron chi connectivity index (χ1n) is 11.0. The number of hydrogen-bond donors (Lipinski definition) is 0. The highest BCUT2D eigenvalue weighted by Crippen LogP contribution is 2.32. The predicted molar refractivity (Wildman–Crippen MR) is 129 cm³/mol. The Morgan fingerprint density at radius 2 is 0.938 bits per heavy atom. The van der Waals surface area contributed by atoms with Gasteiger partial charge in [-0.2, -0.15) is 0 Å². The lowest BCUT2D eigenvalue weighted by molar-refractivity contribution is -0.122. The van der Waals surface area contributed by atoms with Crippen molar-refractivity contribution in [3.8, 4) is 0 Å². The Labute approximate surface area is 190 Å². The molecule has 2 heterocycles. The number of pyridine rings is 2. The molecule has 0 amide bonds. The van der Waals surface area contributed by atoms with Crippen LogP contribution in [-0.4, -0.2) is 15.8 Å². The number of nitrogens with zero attached hydrogens (tertiary/aromatic N) is 2. The highest BCUT2D eigenvalue weighted by molar-refractivity contribution is 5.92. The highest BCUT2D eigenvalue weighted by atomic mass is 16.1. The van der Waals surface area contributed by atoms with Crippen molar-refractivity contribution in [2.75, 3.05) is 0 Å². The number of rotatable bonds is 8. The van der Waals surface area contributed by atoms with Gasteiger partial charge in [0.1, 0.15) is 5.78 Å². The summed E-state index contributed by atoms with van der Waals surface area (Å²) in [5, 5.41) is 0. The van der Waals surface area contributed by atoms with Gasteiger partial charge in [-0.25, -0.2) is 0 Å². The lowest BCUT2D eigenvalue weighted by Gasteiger charge is -2.24. The van der Waals surface area contributed by atoms with E-state index in [2.05, 4.69) is 72.3 Å². The Morgan fingerprint density at radius 3 is 1.28 bits per heavy atom. The molecule has 0 aliphatic carbocycles. The molecule has 4 rings (SSSR count). The Balaban J connectivity index is 1.73. The molecule has 0 N–H and O–H groups in total. The number of carbonyl (C=O) groups excluding carboxylic acids is 1. The van der Waals surface area contributed by atoms with Crippen LogP contribution in [0.1, 0.15) is 45.2 Å². The van der Waals surface area contributed by atoms with E-state index < -0.39 is 0 Å². The van der Waals surface area contributed by atoms with Crippen molar-refractivity contribution in [3.63, 3.8) is 0 Å². The van der Waals surface area contributed by atoms with E-state index in [1.807, 2.05) is 24.3 Å². The molecule has 3 nitrogen and oxygen atoms in total. The van der Waals surface area contributed by atoms with Crippen molar-refractivity contribution < 1.29 is 4.79 Å². The Bertz CT molecular complexity index is 1040. The number of ketones is 1. The summed E-state index contributed by atoms with van der Waals surface area (Å²) in [4.78, 5) is 22.5. The number of aryl methyl sites for hydroxylation is 2. The molecule has 3 heteroatoms. The summed E-state index contributed by atoms with van der Waals surface area (Å²) in [7, 11) is 0. The number of aromatic nitrogens is 2. The number of hydrogen-bond acceptors (Lipinski definition) is 3. The molecule has 4 aromatic rings. The van der Waals surface area contributed by atoms with Crippen LogP contribution in [0.15, 0.2) is 97.6 Å². The molecule has 0 radical (unpaired) electrons. The van der Waals surface area contributed by atoms with Gasteiger partial charge in [-0.05, 0) is 73.2 Å². The van der Waals surface area contributed by atoms with Gasteiger partial charge < -0.3 is 0 Å². The van der Waals surface area contributed by atoms with Crippen LogP contribution >= 0.6 is 0 Å². The van der Waals surface area contributed by atoms with E-state index in [0.29, 0.717) is 12.8 Å². The second kappa shape index (κ2) is 10.1. The standard InChI is InChI=1S/C29H28N2O/c1-21-3-7-25(8-4-21)27(19-23-11-15-30-16-12-23)29(32)28(20-24-13-17-31-18-14-24)26-9-5-22(2)6-10-26/h3-18,27-28H,19-20H2,1-2H3. The fourth-order valence-electron chi connectivity index (χ4n) is 4.11. The molecule has 2 atom stereocenters. The quantitative estimate of drug-likeness (QED) is 0.350. The van der Waals surface area contributed by atoms with Crippen LogP contribution in [0.3, 0.4) is 0 Å². The van der Waals surface area contributed by atoms with Crippen molar-refractivity contribution in [2.24, 2.45) is 0 Å². The zero-order chi connectivity index (χ0) is 22.3. The monoisotopic (exact) mass is 420 g/mol. The number of Topliss-reactive ketones (excluding diaryl/α,β-unsaturated/α-hetero) is 1. The van der Waals surface area contributed by atoms with E-state index in [9.17, 15) is 4.79 Å². The predicted octanol–water partition coefficient (Wildman–Crippen LogP) is 6.02. The second-order valence-corrected chi connectivity index (χ2v) is 8.45. The summed E-state index contributed by atoms with van der Waals surface area (Å²) in [6, 6.07) is 24.7. The summed E-state index contributed by atoms with van der Waals surface area (Å²) in [5.41, 5.74) is 6.73. The minimum atomic E-state index is -0.230. The van der Waals surface area contributed by atoms with Crippen LogP contribution in [0.4, 0.5) is 0 Å².